The predicted molar refractivity (Wildman–Crippen MR) is 242 cm³/mol. The Bertz CT molecular complexity index is 1640. The summed E-state index contributed by atoms with van der Waals surface area (Å²) in [5.74, 6) is -6.34. The Hall–Kier alpha value is -3.90. The van der Waals surface area contributed by atoms with Crippen LogP contribution >= 0.6 is 0 Å². The molecule has 2 aliphatic heterocycles. The monoisotopic (exact) mass is 975 g/mol. The number of rotatable bonds is 29. The van der Waals surface area contributed by atoms with Gasteiger partial charge in [0.15, 0.2) is 31.1 Å². The molecule has 2 heterocycles. The van der Waals surface area contributed by atoms with E-state index in [-0.39, 0.29) is 25.4 Å². The molecule has 2 N–H and O–H groups in total. The number of aliphatic hydroxyl groups is 1. The molecular weight excluding hydrogens is 897 g/mol. The molecular formula is C47H78N2O19. The highest BCUT2D eigenvalue weighted by Crippen LogP contribution is 2.36. The van der Waals surface area contributed by atoms with E-state index in [0.717, 1.165) is 0 Å². The van der Waals surface area contributed by atoms with E-state index in [1.165, 1.54) is 61.4 Å². The van der Waals surface area contributed by atoms with Crippen molar-refractivity contribution in [3.63, 3.8) is 0 Å². The molecule has 0 aliphatic carbocycles. The lowest BCUT2D eigenvalue weighted by atomic mass is 9.82. The summed E-state index contributed by atoms with van der Waals surface area (Å²) in [6, 6.07) is -1.28. The van der Waals surface area contributed by atoms with Crippen LogP contribution in [-0.2, 0) is 85.6 Å². The van der Waals surface area contributed by atoms with Crippen molar-refractivity contribution in [3.8, 4) is 0 Å². The number of carbonyl (C=O) groups is 6. The van der Waals surface area contributed by atoms with Crippen molar-refractivity contribution in [1.82, 2.24) is 10.2 Å². The van der Waals surface area contributed by atoms with Crippen LogP contribution in [0.1, 0.15) is 81.1 Å². The van der Waals surface area contributed by atoms with E-state index >= 15 is 0 Å². The summed E-state index contributed by atoms with van der Waals surface area (Å²) in [4.78, 5) is 79.4. The maximum Gasteiger partial charge on any atom is 0.313 e. The molecule has 16 atom stereocenters. The molecule has 6 unspecified atom stereocenters. The molecule has 0 aromatic heterocycles. The number of hydrogen-bond acceptors (Lipinski definition) is 20. The third-order valence-electron chi connectivity index (χ3n) is 11.9. The van der Waals surface area contributed by atoms with Gasteiger partial charge in [-0.2, -0.15) is 0 Å². The van der Waals surface area contributed by atoms with Gasteiger partial charge >= 0.3 is 23.9 Å². The van der Waals surface area contributed by atoms with Crippen LogP contribution in [0.5, 0.6) is 0 Å². The maximum absolute atomic E-state index is 14.4. The van der Waals surface area contributed by atoms with E-state index in [0.29, 0.717) is 6.42 Å². The molecule has 0 bridgehead atoms. The Kier molecular flexibility index (Phi) is 26.5. The first-order chi connectivity index (χ1) is 32.1. The lowest BCUT2D eigenvalue weighted by Gasteiger charge is -2.48. The lowest BCUT2D eigenvalue weighted by Crippen LogP contribution is -2.65. The van der Waals surface area contributed by atoms with E-state index in [4.69, 9.17) is 56.8 Å². The molecule has 2 saturated heterocycles. The van der Waals surface area contributed by atoms with Crippen LogP contribution in [0.4, 0.5) is 0 Å². The normalized spacial score (nSPS) is 27.9. The Balaban J connectivity index is 2.52. The van der Waals surface area contributed by atoms with Crippen molar-refractivity contribution in [1.29, 1.82) is 0 Å². The Morgan fingerprint density at radius 3 is 1.87 bits per heavy atom. The number of methoxy groups -OCH3 is 4. The molecule has 21 heteroatoms. The SMILES string of the molecule is C=CC(CO[C@H]1O[C@@H](C)[C@@H](OC(C)=O)[C@H](OC)[C@@H]1OC)C(CO)OC(=O)CC(=O)C(C)C(O[C@H]1O[C@H](C)[C@H](OC(C)=O)[C@@H](N(C)C)[C@H]1OC(C)=O)C(CC(C)NC(=O)/C=C/CC)CC(OC)OC. The third-order valence-corrected chi connectivity index (χ3v) is 11.9. The Labute approximate surface area is 401 Å². The fraction of sp³-hybridized carbons (Fsp3) is 0.787. The van der Waals surface area contributed by atoms with Crippen LogP contribution in [0.2, 0.25) is 0 Å². The minimum Gasteiger partial charge on any atom is -0.459 e. The van der Waals surface area contributed by atoms with Gasteiger partial charge < -0.3 is 67.3 Å². The van der Waals surface area contributed by atoms with Crippen LogP contribution in [0.25, 0.3) is 0 Å². The molecule has 2 fully saturated rings. The molecule has 2 rings (SSSR count). The topological polar surface area (TPSA) is 249 Å². The van der Waals surface area contributed by atoms with Crippen LogP contribution in [0.3, 0.4) is 0 Å². The van der Waals surface area contributed by atoms with E-state index in [2.05, 4.69) is 11.9 Å². The van der Waals surface area contributed by atoms with Gasteiger partial charge in [0.1, 0.15) is 36.6 Å². The standard InChI is InChI=1S/C47H78N2O19/c1-16-18-19-36(55)48-25(3)20-33(21-38(57-12)58-13)40(68-47-43(66-31(9)53)39(49(10)11)41(27(5)63-47)64-29(7)51)26(4)34(54)22-37(56)67-35(23-50)32(17-2)24-61-46-45(60-15)44(59-14)42(28(6)62-46)65-30(8)52/h17-19,25-28,32-33,35,38-47,50H,2,16,20-24H2,1,3-15H3,(H,48,55)/b19-18+/t25?,26?,27-,28+,32?,33?,35?,39-,40?,41+,42-,43-,44+,45+,46+,47-/m1/s1. The average molecular weight is 975 g/mol. The maximum atomic E-state index is 14.4. The summed E-state index contributed by atoms with van der Waals surface area (Å²) in [5, 5.41) is 13.4. The zero-order chi connectivity index (χ0) is 51.4. The quantitative estimate of drug-likeness (QED) is 0.0273. The number of ether oxygens (including phenoxy) is 12. The van der Waals surface area contributed by atoms with Gasteiger partial charge in [0.25, 0.3) is 0 Å². The molecule has 21 nitrogen and oxygen atoms in total. The van der Waals surface area contributed by atoms with Crippen molar-refractivity contribution < 1.29 is 90.7 Å². The van der Waals surface area contributed by atoms with Crippen molar-refractivity contribution in [2.75, 3.05) is 55.7 Å². The number of allylic oxidation sites excluding steroid dienone is 1. The minimum absolute atomic E-state index is 0.120. The van der Waals surface area contributed by atoms with Crippen LogP contribution in [0.15, 0.2) is 24.8 Å². The second kappa shape index (κ2) is 30.0. The second-order valence-corrected chi connectivity index (χ2v) is 17.3. The van der Waals surface area contributed by atoms with Crippen molar-refractivity contribution in [2.24, 2.45) is 17.8 Å². The predicted octanol–water partition coefficient (Wildman–Crippen LogP) is 2.42. The van der Waals surface area contributed by atoms with Gasteiger partial charge in [0.2, 0.25) is 5.91 Å². The first-order valence-corrected chi connectivity index (χ1v) is 22.9. The fourth-order valence-corrected chi connectivity index (χ4v) is 8.55. The average Bonchev–Trinajstić information content (AvgIpc) is 3.26. The van der Waals surface area contributed by atoms with Gasteiger partial charge in [-0.15, -0.1) is 6.58 Å². The van der Waals surface area contributed by atoms with Gasteiger partial charge in [-0.05, 0) is 59.7 Å². The van der Waals surface area contributed by atoms with Crippen molar-refractivity contribution >= 4 is 35.6 Å². The molecule has 0 saturated carbocycles. The zero-order valence-electron chi connectivity index (χ0n) is 42.2. The summed E-state index contributed by atoms with van der Waals surface area (Å²) >= 11 is 0. The largest absolute Gasteiger partial charge is 0.459 e. The number of likely N-dealkylation sites (N-methyl/N-ethyl adjacent to an activating group) is 1. The van der Waals surface area contributed by atoms with Gasteiger partial charge in [-0.1, -0.05) is 26.0 Å². The number of esters is 4. The fourth-order valence-electron chi connectivity index (χ4n) is 8.55. The Morgan fingerprint density at radius 2 is 1.35 bits per heavy atom. The number of ketones is 1. The minimum atomic E-state index is -1.35. The number of hydrogen-bond donors (Lipinski definition) is 2. The lowest BCUT2D eigenvalue weighted by molar-refractivity contribution is -0.306. The summed E-state index contributed by atoms with van der Waals surface area (Å²) in [7, 11) is 9.17. The molecule has 0 aromatic carbocycles. The van der Waals surface area contributed by atoms with E-state index in [1.54, 1.807) is 52.8 Å². The van der Waals surface area contributed by atoms with Gasteiger partial charge in [-0.3, -0.25) is 33.7 Å². The molecule has 0 aromatic rings. The van der Waals surface area contributed by atoms with Crippen molar-refractivity contribution in [2.45, 2.75) is 167 Å². The van der Waals surface area contributed by atoms with Gasteiger partial charge in [-0.25, -0.2) is 0 Å². The van der Waals surface area contributed by atoms with Crippen LogP contribution in [-0.4, -0.2) is 187 Å². The first-order valence-electron chi connectivity index (χ1n) is 22.9. The Morgan fingerprint density at radius 1 is 0.794 bits per heavy atom. The molecule has 0 radical (unpaired) electrons. The summed E-state index contributed by atoms with van der Waals surface area (Å²) in [5.41, 5.74) is 0. The molecule has 0 spiro atoms. The highest BCUT2D eigenvalue weighted by molar-refractivity contribution is 5.97. The zero-order valence-corrected chi connectivity index (χ0v) is 42.2. The number of Topliss-reactive ketones (excluding diaryl/α,β-unsaturated/α-hetero) is 1. The third kappa shape index (κ3) is 18.1. The molecule has 390 valence electrons. The summed E-state index contributed by atoms with van der Waals surface area (Å²) < 4.78 is 70.3. The second-order valence-electron chi connectivity index (χ2n) is 17.3. The van der Waals surface area contributed by atoms with Crippen LogP contribution in [0, 0.1) is 17.8 Å². The summed E-state index contributed by atoms with van der Waals surface area (Å²) in [6.45, 7) is 15.3. The number of aliphatic hydroxyl groups excluding tert-OH is 1. The highest BCUT2D eigenvalue weighted by Gasteiger charge is 2.52. The highest BCUT2D eigenvalue weighted by atomic mass is 16.7. The van der Waals surface area contributed by atoms with Gasteiger partial charge in [0, 0.05) is 73.5 Å². The van der Waals surface area contributed by atoms with E-state index in [1.807, 2.05) is 6.92 Å². The van der Waals surface area contributed by atoms with Crippen LogP contribution < -0.4 is 5.32 Å². The first kappa shape index (κ1) is 60.2. The van der Waals surface area contributed by atoms with E-state index in [9.17, 15) is 33.9 Å². The number of amides is 1. The van der Waals surface area contributed by atoms with E-state index < -0.39 is 146 Å². The van der Waals surface area contributed by atoms with Crippen molar-refractivity contribution in [3.05, 3.63) is 24.8 Å². The summed E-state index contributed by atoms with van der Waals surface area (Å²) in [6.07, 6.45) is -6.79. The molecule has 2 aliphatic rings. The molecule has 68 heavy (non-hydrogen) atoms. The number of nitrogens with zero attached hydrogens (tertiary/aromatic N) is 1. The smallest absolute Gasteiger partial charge is 0.313 e. The van der Waals surface area contributed by atoms with Gasteiger partial charge in [0.05, 0.1) is 37.6 Å². The molecule has 1 amide bonds. The number of nitrogens with one attached hydrogen (secondary N) is 1. The number of carbonyl (C=O) groups excluding carboxylic acids is 6.